The van der Waals surface area contributed by atoms with Gasteiger partial charge < -0.3 is 19.2 Å². The Balaban J connectivity index is 1.56. The van der Waals surface area contributed by atoms with Crippen molar-refractivity contribution in [2.75, 3.05) is 27.9 Å². The average Bonchev–Trinajstić information content (AvgIpc) is 3.40. The van der Waals surface area contributed by atoms with Crippen LogP contribution in [0.3, 0.4) is 0 Å². The molecule has 2 heterocycles. The van der Waals surface area contributed by atoms with Gasteiger partial charge in [0.1, 0.15) is 0 Å². The number of benzene rings is 2. The number of aromatic nitrogens is 1. The molecule has 4 rings (SSSR count). The fourth-order valence-electron chi connectivity index (χ4n) is 3.61. The van der Waals surface area contributed by atoms with E-state index in [4.69, 9.17) is 14.2 Å². The lowest BCUT2D eigenvalue weighted by Gasteiger charge is -2.16. The molecule has 2 atom stereocenters. The lowest BCUT2D eigenvalue weighted by molar-refractivity contribution is 0.0954. The zero-order chi connectivity index (χ0) is 19.7. The van der Waals surface area contributed by atoms with Gasteiger partial charge in [-0.05, 0) is 35.2 Å². The van der Waals surface area contributed by atoms with Gasteiger partial charge in [-0.15, -0.1) is 0 Å². The van der Waals surface area contributed by atoms with Crippen molar-refractivity contribution in [3.05, 3.63) is 53.7 Å². The Hall–Kier alpha value is -3.03. The van der Waals surface area contributed by atoms with Gasteiger partial charge in [0.15, 0.2) is 17.3 Å². The highest BCUT2D eigenvalue weighted by atomic mass is 16.5. The topological polar surface area (TPSA) is 84.6 Å². The maximum Gasteiger partial charge on any atom is 0.203 e. The van der Waals surface area contributed by atoms with Gasteiger partial charge in [-0.3, -0.25) is 15.4 Å². The summed E-state index contributed by atoms with van der Waals surface area (Å²) >= 11 is 0. The maximum absolute atomic E-state index is 13.1. The number of carbonyl (C=O) groups excluding carboxylic acids is 1. The number of hydrogen-bond acceptors (Lipinski definition) is 6. The largest absolute Gasteiger partial charge is 0.493 e. The third-order valence-corrected chi connectivity index (χ3v) is 5.07. The summed E-state index contributed by atoms with van der Waals surface area (Å²) in [4.78, 5) is 16.3. The Morgan fingerprint density at radius 3 is 2.43 bits per heavy atom. The number of H-pyrrole nitrogens is 1. The minimum Gasteiger partial charge on any atom is -0.493 e. The number of ether oxygens (including phenoxy) is 3. The van der Waals surface area contributed by atoms with Crippen molar-refractivity contribution in [2.45, 2.75) is 12.2 Å². The first-order valence-electron chi connectivity index (χ1n) is 9.05. The zero-order valence-corrected chi connectivity index (χ0v) is 16.0. The average molecular weight is 381 g/mol. The van der Waals surface area contributed by atoms with Gasteiger partial charge in [0, 0.05) is 23.8 Å². The molecule has 2 aromatic carbocycles. The van der Waals surface area contributed by atoms with Crippen LogP contribution in [-0.2, 0) is 0 Å². The van der Waals surface area contributed by atoms with Gasteiger partial charge in [-0.1, -0.05) is 12.1 Å². The molecule has 0 radical (unpaired) electrons. The van der Waals surface area contributed by atoms with Crippen LogP contribution in [0.4, 0.5) is 0 Å². The fourth-order valence-corrected chi connectivity index (χ4v) is 3.61. The number of methoxy groups -OCH3 is 3. The zero-order valence-electron chi connectivity index (χ0n) is 16.0. The predicted molar refractivity (Wildman–Crippen MR) is 106 cm³/mol. The van der Waals surface area contributed by atoms with E-state index >= 15 is 0 Å². The first-order chi connectivity index (χ1) is 13.6. The van der Waals surface area contributed by atoms with E-state index in [2.05, 4.69) is 33.8 Å². The number of hydrogen-bond donors (Lipinski definition) is 3. The first kappa shape index (κ1) is 18.3. The molecule has 1 saturated heterocycles. The number of ketones is 1. The Morgan fingerprint density at radius 1 is 1.00 bits per heavy atom. The number of fused-ring (bicyclic) bond motifs is 1. The number of nitrogens with one attached hydrogen (secondary N) is 3. The molecular weight excluding hydrogens is 358 g/mol. The van der Waals surface area contributed by atoms with Crippen molar-refractivity contribution in [1.82, 2.24) is 15.6 Å². The molecule has 0 amide bonds. The molecule has 3 aromatic rings. The number of aromatic amines is 1. The van der Waals surface area contributed by atoms with Gasteiger partial charge in [0.25, 0.3) is 0 Å². The molecular formula is C21H23N3O4. The molecule has 1 aliphatic rings. The summed E-state index contributed by atoms with van der Waals surface area (Å²) in [6.45, 7) is 0.531. The minimum absolute atomic E-state index is 0.0322. The summed E-state index contributed by atoms with van der Waals surface area (Å²) in [5.74, 6) is 1.36. The summed E-state index contributed by atoms with van der Waals surface area (Å²) in [5, 5.41) is 7.91. The molecule has 1 aromatic heterocycles. The number of Topliss-reactive ketones (excluding diaryl/α,β-unsaturated/α-hetero) is 1. The van der Waals surface area contributed by atoms with E-state index in [1.165, 1.54) is 21.3 Å². The standard InChI is InChI=1S/C21H23N3O4/c1-26-17-9-14(10-18(27-2)20(17)28-3)19(25)16-11-23-21(24-16)13-5-4-12-6-7-22-15(12)8-13/h4-10,16,21-24H,11H2,1-3H3. The smallest absolute Gasteiger partial charge is 0.203 e. The highest BCUT2D eigenvalue weighted by Crippen LogP contribution is 2.38. The lowest BCUT2D eigenvalue weighted by Crippen LogP contribution is -2.34. The van der Waals surface area contributed by atoms with E-state index in [1.807, 2.05) is 12.3 Å². The predicted octanol–water partition coefficient (Wildman–Crippen LogP) is 2.64. The van der Waals surface area contributed by atoms with E-state index in [1.54, 1.807) is 12.1 Å². The Labute approximate surface area is 163 Å². The second-order valence-corrected chi connectivity index (χ2v) is 6.66. The van der Waals surface area contributed by atoms with E-state index in [9.17, 15) is 4.79 Å². The van der Waals surface area contributed by atoms with Crippen LogP contribution in [0.1, 0.15) is 22.1 Å². The third kappa shape index (κ3) is 3.19. The summed E-state index contributed by atoms with van der Waals surface area (Å²) in [5.41, 5.74) is 2.66. The highest BCUT2D eigenvalue weighted by molar-refractivity contribution is 6.01. The van der Waals surface area contributed by atoms with Crippen LogP contribution in [-0.4, -0.2) is 44.7 Å². The minimum atomic E-state index is -0.354. The molecule has 0 spiro atoms. The molecule has 3 N–H and O–H groups in total. The third-order valence-electron chi connectivity index (χ3n) is 5.07. The second kappa shape index (κ2) is 7.53. The molecule has 146 valence electrons. The Bertz CT molecular complexity index is 989. The Kier molecular flexibility index (Phi) is 4.93. The van der Waals surface area contributed by atoms with Crippen LogP contribution in [0.2, 0.25) is 0 Å². The van der Waals surface area contributed by atoms with Crippen molar-refractivity contribution >= 4 is 16.7 Å². The molecule has 0 aliphatic carbocycles. The molecule has 7 heteroatoms. The maximum atomic E-state index is 13.1. The monoisotopic (exact) mass is 381 g/mol. The van der Waals surface area contributed by atoms with Crippen molar-refractivity contribution in [2.24, 2.45) is 0 Å². The second-order valence-electron chi connectivity index (χ2n) is 6.66. The van der Waals surface area contributed by atoms with Gasteiger partial charge in [-0.25, -0.2) is 0 Å². The van der Waals surface area contributed by atoms with E-state index < -0.39 is 0 Å². The molecule has 1 fully saturated rings. The van der Waals surface area contributed by atoms with Crippen LogP contribution < -0.4 is 24.8 Å². The van der Waals surface area contributed by atoms with Crippen molar-refractivity contribution in [3.63, 3.8) is 0 Å². The van der Waals surface area contributed by atoms with Crippen molar-refractivity contribution in [3.8, 4) is 17.2 Å². The molecule has 2 unspecified atom stereocenters. The number of carbonyl (C=O) groups is 1. The first-order valence-corrected chi connectivity index (χ1v) is 9.05. The molecule has 1 aliphatic heterocycles. The fraction of sp³-hybridized carbons (Fsp3) is 0.286. The van der Waals surface area contributed by atoms with Gasteiger partial charge in [-0.2, -0.15) is 0 Å². The van der Waals surface area contributed by atoms with Crippen LogP contribution in [0.25, 0.3) is 10.9 Å². The Morgan fingerprint density at radius 2 is 1.75 bits per heavy atom. The van der Waals surface area contributed by atoms with Crippen molar-refractivity contribution < 1.29 is 19.0 Å². The highest BCUT2D eigenvalue weighted by Gasteiger charge is 2.31. The van der Waals surface area contributed by atoms with E-state index in [0.29, 0.717) is 29.4 Å². The van der Waals surface area contributed by atoms with Crippen LogP contribution >= 0.6 is 0 Å². The van der Waals surface area contributed by atoms with Crippen molar-refractivity contribution in [1.29, 1.82) is 0 Å². The lowest BCUT2D eigenvalue weighted by atomic mass is 10.0. The SMILES string of the molecule is COc1cc(C(=O)C2CNC(c3ccc4cc[nH]c4c3)N2)cc(OC)c1OC. The summed E-state index contributed by atoms with van der Waals surface area (Å²) in [6.07, 6.45) is 1.82. The molecule has 0 bridgehead atoms. The van der Waals surface area contributed by atoms with E-state index in [0.717, 1.165) is 16.5 Å². The van der Waals surface area contributed by atoms with Crippen LogP contribution in [0.15, 0.2) is 42.6 Å². The summed E-state index contributed by atoms with van der Waals surface area (Å²) < 4.78 is 16.0. The molecule has 0 saturated carbocycles. The van der Waals surface area contributed by atoms with Gasteiger partial charge in [0.2, 0.25) is 5.75 Å². The molecule has 28 heavy (non-hydrogen) atoms. The van der Waals surface area contributed by atoms with Crippen LogP contribution in [0, 0.1) is 0 Å². The number of rotatable bonds is 6. The normalized spacial score (nSPS) is 19.0. The molecule has 7 nitrogen and oxygen atoms in total. The van der Waals surface area contributed by atoms with Gasteiger partial charge in [0.05, 0.1) is 33.5 Å². The van der Waals surface area contributed by atoms with Crippen LogP contribution in [0.5, 0.6) is 17.2 Å². The quantitative estimate of drug-likeness (QED) is 0.569. The summed E-state index contributed by atoms with van der Waals surface area (Å²) in [7, 11) is 4.61. The van der Waals surface area contributed by atoms with Gasteiger partial charge >= 0.3 is 0 Å². The van der Waals surface area contributed by atoms with E-state index in [-0.39, 0.29) is 18.0 Å². The summed E-state index contributed by atoms with van der Waals surface area (Å²) in [6, 6.07) is 11.3.